The lowest BCUT2D eigenvalue weighted by atomic mass is 10.2. The second kappa shape index (κ2) is 7.57. The van der Waals surface area contributed by atoms with Gasteiger partial charge in [0.1, 0.15) is 0 Å². The molecule has 0 bridgehead atoms. The highest BCUT2D eigenvalue weighted by Crippen LogP contribution is 2.21. The van der Waals surface area contributed by atoms with Crippen LogP contribution in [0.3, 0.4) is 0 Å². The maximum absolute atomic E-state index is 13.6. The predicted molar refractivity (Wildman–Crippen MR) is 98.1 cm³/mol. The quantitative estimate of drug-likeness (QED) is 0.638. The minimum atomic E-state index is -0.610. The van der Waals surface area contributed by atoms with Gasteiger partial charge in [0, 0.05) is 28.6 Å². The van der Waals surface area contributed by atoms with Crippen LogP contribution in [0.1, 0.15) is 10.4 Å². The Morgan fingerprint density at radius 2 is 1.96 bits per heavy atom. The molecule has 0 saturated carbocycles. The van der Waals surface area contributed by atoms with Gasteiger partial charge in [0.05, 0.1) is 5.56 Å². The zero-order valence-electron chi connectivity index (χ0n) is 13.8. The topological polar surface area (TPSA) is 72.4 Å². The lowest BCUT2D eigenvalue weighted by Crippen LogP contribution is -2.43. The number of fused-ring (bicyclic) bond motifs is 1. The molecule has 8 heteroatoms. The Balaban J connectivity index is 1.58. The van der Waals surface area contributed by atoms with Crippen LogP contribution in [0.15, 0.2) is 53.1 Å². The van der Waals surface area contributed by atoms with Crippen molar-refractivity contribution in [1.29, 1.82) is 0 Å². The monoisotopic (exact) mass is 419 g/mol. The molecule has 0 atom stereocenters. The minimum absolute atomic E-state index is 0.0521. The Labute approximate surface area is 157 Å². The fourth-order valence-electron chi connectivity index (χ4n) is 2.49. The number of amides is 2. The van der Waals surface area contributed by atoms with Crippen molar-refractivity contribution in [3.05, 3.63) is 64.5 Å². The summed E-state index contributed by atoms with van der Waals surface area (Å²) in [5.74, 6) is -1.71. The second-order valence-corrected chi connectivity index (χ2v) is 6.45. The van der Waals surface area contributed by atoms with Crippen LogP contribution in [0.4, 0.5) is 4.39 Å². The molecule has 6 nitrogen and oxygen atoms in total. The van der Waals surface area contributed by atoms with Crippen molar-refractivity contribution in [3.63, 3.8) is 0 Å². The number of carbonyl (C=O) groups is 2. The van der Waals surface area contributed by atoms with Gasteiger partial charge in [-0.1, -0.05) is 34.1 Å². The van der Waals surface area contributed by atoms with Gasteiger partial charge in [0.2, 0.25) is 0 Å². The van der Waals surface area contributed by atoms with E-state index in [-0.39, 0.29) is 5.75 Å². The number of aryl methyl sites for hydroxylation is 1. The summed E-state index contributed by atoms with van der Waals surface area (Å²) in [5, 5.41) is 0.773. The van der Waals surface area contributed by atoms with Crippen molar-refractivity contribution in [2.45, 2.75) is 0 Å². The number of hydrazine groups is 1. The van der Waals surface area contributed by atoms with E-state index in [0.717, 1.165) is 10.9 Å². The van der Waals surface area contributed by atoms with Gasteiger partial charge in [0.25, 0.3) is 11.8 Å². The van der Waals surface area contributed by atoms with Gasteiger partial charge in [-0.3, -0.25) is 20.4 Å². The van der Waals surface area contributed by atoms with E-state index in [1.54, 1.807) is 12.3 Å². The van der Waals surface area contributed by atoms with E-state index in [9.17, 15) is 14.0 Å². The van der Waals surface area contributed by atoms with Gasteiger partial charge in [-0.25, -0.2) is 4.39 Å². The fourth-order valence-corrected chi connectivity index (χ4v) is 2.82. The van der Waals surface area contributed by atoms with Crippen molar-refractivity contribution in [1.82, 2.24) is 15.4 Å². The van der Waals surface area contributed by atoms with Crippen LogP contribution in [-0.4, -0.2) is 23.0 Å². The second-order valence-electron chi connectivity index (χ2n) is 5.54. The molecule has 0 radical (unpaired) electrons. The molecule has 3 rings (SSSR count). The number of nitrogens with zero attached hydrogens (tertiary/aromatic N) is 1. The van der Waals surface area contributed by atoms with Gasteiger partial charge < -0.3 is 9.30 Å². The van der Waals surface area contributed by atoms with E-state index < -0.39 is 24.2 Å². The van der Waals surface area contributed by atoms with Crippen molar-refractivity contribution < 1.29 is 18.7 Å². The highest BCUT2D eigenvalue weighted by Gasteiger charge is 2.14. The highest BCUT2D eigenvalue weighted by atomic mass is 79.9. The first kappa shape index (κ1) is 17.9. The molecule has 0 unspecified atom stereocenters. The summed E-state index contributed by atoms with van der Waals surface area (Å²) in [5.41, 5.74) is 5.92. The van der Waals surface area contributed by atoms with E-state index in [1.165, 1.54) is 12.1 Å². The van der Waals surface area contributed by atoms with Crippen LogP contribution in [0.2, 0.25) is 0 Å². The first-order chi connectivity index (χ1) is 12.5. The van der Waals surface area contributed by atoms with Gasteiger partial charge >= 0.3 is 0 Å². The Kier molecular flexibility index (Phi) is 5.22. The predicted octanol–water partition coefficient (Wildman–Crippen LogP) is 2.92. The van der Waals surface area contributed by atoms with Crippen LogP contribution in [-0.2, 0) is 11.8 Å². The lowest BCUT2D eigenvalue weighted by molar-refractivity contribution is -0.123. The molecule has 0 aliphatic heterocycles. The summed E-state index contributed by atoms with van der Waals surface area (Å²) in [6.07, 6.45) is 1.68. The summed E-state index contributed by atoms with van der Waals surface area (Å²) in [6.45, 7) is -0.436. The Morgan fingerprint density at radius 3 is 2.73 bits per heavy atom. The number of nitrogens with one attached hydrogen (secondary N) is 2. The molecular formula is C18H15BrFN3O3. The molecule has 2 aromatic carbocycles. The van der Waals surface area contributed by atoms with E-state index in [2.05, 4.69) is 26.8 Å². The molecule has 1 aromatic heterocycles. The van der Waals surface area contributed by atoms with E-state index in [0.29, 0.717) is 10.0 Å². The van der Waals surface area contributed by atoms with E-state index in [1.807, 2.05) is 35.9 Å². The fraction of sp³-hybridized carbons (Fsp3) is 0.111. The zero-order chi connectivity index (χ0) is 18.7. The third kappa shape index (κ3) is 3.85. The number of benzene rings is 2. The highest BCUT2D eigenvalue weighted by molar-refractivity contribution is 9.10. The van der Waals surface area contributed by atoms with Crippen LogP contribution >= 0.6 is 15.9 Å². The molecule has 0 aliphatic carbocycles. The molecule has 2 amide bonds. The maximum atomic E-state index is 13.6. The number of ether oxygens (including phenoxy) is 1. The summed E-state index contributed by atoms with van der Waals surface area (Å²) >= 11 is 3.13. The summed E-state index contributed by atoms with van der Waals surface area (Å²) in [6, 6.07) is 11.7. The number of halogens is 2. The normalized spacial score (nSPS) is 10.6. The number of hydrogen-bond donors (Lipinski definition) is 2. The molecule has 0 aliphatic rings. The number of aromatic nitrogens is 1. The third-order valence-corrected chi connectivity index (χ3v) is 4.20. The Morgan fingerprint density at radius 1 is 1.19 bits per heavy atom. The number of carbonyl (C=O) groups excluding carboxylic acids is 2. The molecule has 26 heavy (non-hydrogen) atoms. The molecule has 134 valence electrons. The molecular weight excluding hydrogens is 405 g/mol. The van der Waals surface area contributed by atoms with Crippen LogP contribution < -0.4 is 15.6 Å². The van der Waals surface area contributed by atoms with Gasteiger partial charge in [0.15, 0.2) is 18.2 Å². The molecule has 2 N–H and O–H groups in total. The smallest absolute Gasteiger partial charge is 0.276 e. The zero-order valence-corrected chi connectivity index (χ0v) is 15.3. The average molecular weight is 420 g/mol. The Bertz CT molecular complexity index is 987. The third-order valence-electron chi connectivity index (χ3n) is 3.71. The first-order valence-electron chi connectivity index (χ1n) is 7.67. The average Bonchev–Trinajstić information content (AvgIpc) is 2.96. The number of para-hydroxylation sites is 1. The summed E-state index contributed by atoms with van der Waals surface area (Å²) in [7, 11) is 1.83. The SMILES string of the molecule is Cn1cc(C(=O)NNC(=O)COc2ccc(Br)cc2F)c2ccccc21. The largest absolute Gasteiger partial charge is 0.481 e. The van der Waals surface area contributed by atoms with Crippen molar-refractivity contribution in [2.24, 2.45) is 7.05 Å². The van der Waals surface area contributed by atoms with Gasteiger partial charge in [-0.05, 0) is 24.3 Å². The van der Waals surface area contributed by atoms with Crippen molar-refractivity contribution in [3.8, 4) is 5.75 Å². The molecule has 0 fully saturated rings. The summed E-state index contributed by atoms with van der Waals surface area (Å²) < 4.78 is 21.1. The van der Waals surface area contributed by atoms with Crippen molar-refractivity contribution in [2.75, 3.05) is 6.61 Å². The minimum Gasteiger partial charge on any atom is -0.481 e. The van der Waals surface area contributed by atoms with Crippen LogP contribution in [0.5, 0.6) is 5.75 Å². The molecule has 0 saturated heterocycles. The summed E-state index contributed by atoms with van der Waals surface area (Å²) in [4.78, 5) is 24.1. The number of rotatable bonds is 4. The van der Waals surface area contributed by atoms with Crippen LogP contribution in [0.25, 0.3) is 10.9 Å². The standard InChI is InChI=1S/C18H15BrFN3O3/c1-23-9-13(12-4-2-3-5-15(12)23)18(25)22-21-17(24)10-26-16-7-6-11(19)8-14(16)20/h2-9H,10H2,1H3,(H,21,24)(H,22,25). The molecule has 3 aromatic rings. The van der Waals surface area contributed by atoms with E-state index in [4.69, 9.17) is 4.74 Å². The lowest BCUT2D eigenvalue weighted by Gasteiger charge is -2.09. The molecule has 0 spiro atoms. The Hall–Kier alpha value is -2.87. The van der Waals surface area contributed by atoms with Crippen LogP contribution in [0, 0.1) is 5.82 Å². The molecule has 1 heterocycles. The number of hydrogen-bond acceptors (Lipinski definition) is 3. The van der Waals surface area contributed by atoms with E-state index >= 15 is 0 Å². The maximum Gasteiger partial charge on any atom is 0.276 e. The van der Waals surface area contributed by atoms with Gasteiger partial charge in [-0.2, -0.15) is 0 Å². The van der Waals surface area contributed by atoms with Gasteiger partial charge in [-0.15, -0.1) is 0 Å². The first-order valence-corrected chi connectivity index (χ1v) is 8.46. The van der Waals surface area contributed by atoms with Crippen molar-refractivity contribution >= 4 is 38.6 Å².